The fourth-order valence-electron chi connectivity index (χ4n) is 1.27. The van der Waals surface area contributed by atoms with Crippen LogP contribution in [0, 0.1) is 6.92 Å². The van der Waals surface area contributed by atoms with Crippen LogP contribution >= 0.6 is 0 Å². The second-order valence-corrected chi connectivity index (χ2v) is 3.12. The van der Waals surface area contributed by atoms with Gasteiger partial charge in [0, 0.05) is 12.4 Å². The van der Waals surface area contributed by atoms with Crippen molar-refractivity contribution in [1.82, 2.24) is 14.8 Å². The highest BCUT2D eigenvalue weighted by Gasteiger charge is 2.08. The SMILES string of the molecule is Cc1cccnc1-n1cc(C(=O)O)cn1. The molecule has 0 saturated carbocycles. The van der Waals surface area contributed by atoms with E-state index < -0.39 is 5.97 Å². The van der Waals surface area contributed by atoms with Crippen molar-refractivity contribution >= 4 is 5.97 Å². The molecular formula is C10H9N3O2. The number of nitrogens with zero attached hydrogens (tertiary/aromatic N) is 3. The highest BCUT2D eigenvalue weighted by Crippen LogP contribution is 2.09. The molecule has 2 rings (SSSR count). The van der Waals surface area contributed by atoms with E-state index in [0.717, 1.165) is 5.56 Å². The molecule has 0 fully saturated rings. The smallest absolute Gasteiger partial charge is 0.338 e. The molecular weight excluding hydrogens is 194 g/mol. The van der Waals surface area contributed by atoms with Crippen molar-refractivity contribution in [3.63, 3.8) is 0 Å². The van der Waals surface area contributed by atoms with Gasteiger partial charge in [-0.1, -0.05) is 6.07 Å². The summed E-state index contributed by atoms with van der Waals surface area (Å²) in [5.74, 6) is -0.347. The number of aromatic carboxylic acids is 1. The van der Waals surface area contributed by atoms with Crippen LogP contribution in [-0.2, 0) is 0 Å². The summed E-state index contributed by atoms with van der Waals surface area (Å²) in [6.45, 7) is 1.89. The van der Waals surface area contributed by atoms with Gasteiger partial charge in [-0.2, -0.15) is 5.10 Å². The van der Waals surface area contributed by atoms with E-state index in [1.807, 2.05) is 19.1 Å². The molecule has 0 spiro atoms. The van der Waals surface area contributed by atoms with Crippen molar-refractivity contribution < 1.29 is 9.90 Å². The average Bonchev–Trinajstić information content (AvgIpc) is 2.67. The average molecular weight is 203 g/mol. The molecule has 0 aliphatic carbocycles. The van der Waals surface area contributed by atoms with Gasteiger partial charge in [-0.05, 0) is 18.6 Å². The summed E-state index contributed by atoms with van der Waals surface area (Å²) in [6.07, 6.45) is 4.39. The number of hydrogen-bond donors (Lipinski definition) is 1. The molecule has 5 heteroatoms. The minimum atomic E-state index is -0.991. The Kier molecular flexibility index (Phi) is 2.21. The molecule has 2 aromatic rings. The predicted octanol–water partition coefficient (Wildman–Crippen LogP) is 1.27. The number of carboxylic acid groups (broad SMARTS) is 1. The third-order valence-corrected chi connectivity index (χ3v) is 2.03. The Morgan fingerprint density at radius 2 is 2.33 bits per heavy atom. The van der Waals surface area contributed by atoms with Crippen LogP contribution in [0.3, 0.4) is 0 Å². The first-order chi connectivity index (χ1) is 7.18. The lowest BCUT2D eigenvalue weighted by atomic mass is 10.3. The van der Waals surface area contributed by atoms with Gasteiger partial charge in [-0.15, -0.1) is 0 Å². The molecule has 0 aromatic carbocycles. The lowest BCUT2D eigenvalue weighted by molar-refractivity contribution is 0.0697. The van der Waals surface area contributed by atoms with Gasteiger partial charge < -0.3 is 5.11 Å². The van der Waals surface area contributed by atoms with E-state index in [9.17, 15) is 4.79 Å². The van der Waals surface area contributed by atoms with Crippen LogP contribution in [0.2, 0.25) is 0 Å². The quantitative estimate of drug-likeness (QED) is 0.798. The largest absolute Gasteiger partial charge is 0.478 e. The number of carboxylic acids is 1. The molecule has 0 radical (unpaired) electrons. The van der Waals surface area contributed by atoms with E-state index in [0.29, 0.717) is 5.82 Å². The molecule has 0 amide bonds. The first kappa shape index (κ1) is 9.39. The van der Waals surface area contributed by atoms with Gasteiger partial charge >= 0.3 is 5.97 Å². The number of rotatable bonds is 2. The highest BCUT2D eigenvalue weighted by atomic mass is 16.4. The lowest BCUT2D eigenvalue weighted by Gasteiger charge is -2.02. The van der Waals surface area contributed by atoms with Gasteiger partial charge in [0.05, 0.1) is 11.8 Å². The second kappa shape index (κ2) is 3.53. The molecule has 76 valence electrons. The molecule has 5 nitrogen and oxygen atoms in total. The Bertz CT molecular complexity index is 505. The van der Waals surface area contributed by atoms with Crippen LogP contribution in [0.4, 0.5) is 0 Å². The maximum absolute atomic E-state index is 10.7. The van der Waals surface area contributed by atoms with Gasteiger partial charge in [-0.25, -0.2) is 14.5 Å². The standard InChI is InChI=1S/C10H9N3O2/c1-7-3-2-4-11-9(7)13-6-8(5-12-13)10(14)15/h2-6H,1H3,(H,14,15). The van der Waals surface area contributed by atoms with Crippen molar-refractivity contribution in [2.24, 2.45) is 0 Å². The Hall–Kier alpha value is -2.17. The summed E-state index contributed by atoms with van der Waals surface area (Å²) in [4.78, 5) is 14.8. The van der Waals surface area contributed by atoms with Gasteiger partial charge in [0.25, 0.3) is 0 Å². The number of pyridine rings is 1. The first-order valence-electron chi connectivity index (χ1n) is 4.38. The third kappa shape index (κ3) is 1.71. The molecule has 0 saturated heterocycles. The van der Waals surface area contributed by atoms with Crippen molar-refractivity contribution in [2.75, 3.05) is 0 Å². The van der Waals surface area contributed by atoms with E-state index >= 15 is 0 Å². The van der Waals surface area contributed by atoms with Crippen LogP contribution < -0.4 is 0 Å². The molecule has 0 aliphatic heterocycles. The van der Waals surface area contributed by atoms with Crippen molar-refractivity contribution in [3.05, 3.63) is 41.9 Å². The number of hydrogen-bond acceptors (Lipinski definition) is 3. The molecule has 15 heavy (non-hydrogen) atoms. The van der Waals surface area contributed by atoms with Crippen LogP contribution in [0.5, 0.6) is 0 Å². The van der Waals surface area contributed by atoms with Gasteiger partial charge in [-0.3, -0.25) is 0 Å². The minimum Gasteiger partial charge on any atom is -0.478 e. The zero-order valence-electron chi connectivity index (χ0n) is 8.08. The normalized spacial score (nSPS) is 10.2. The molecule has 2 aromatic heterocycles. The molecule has 1 N–H and O–H groups in total. The summed E-state index contributed by atoms with van der Waals surface area (Å²) >= 11 is 0. The van der Waals surface area contributed by atoms with Gasteiger partial charge in [0.15, 0.2) is 5.82 Å². The Balaban J connectivity index is 2.46. The lowest BCUT2D eigenvalue weighted by Crippen LogP contribution is -2.00. The minimum absolute atomic E-state index is 0.153. The molecule has 0 aliphatic rings. The van der Waals surface area contributed by atoms with E-state index in [-0.39, 0.29) is 5.56 Å². The second-order valence-electron chi connectivity index (χ2n) is 3.12. The summed E-state index contributed by atoms with van der Waals surface area (Å²) in [7, 11) is 0. The fourth-order valence-corrected chi connectivity index (χ4v) is 1.27. The van der Waals surface area contributed by atoms with E-state index in [4.69, 9.17) is 5.11 Å². The topological polar surface area (TPSA) is 68.0 Å². The molecule has 0 atom stereocenters. The van der Waals surface area contributed by atoms with Crippen LogP contribution in [-0.4, -0.2) is 25.8 Å². The van der Waals surface area contributed by atoms with Crippen molar-refractivity contribution in [2.45, 2.75) is 6.92 Å². The number of aromatic nitrogens is 3. The molecule has 0 unspecified atom stereocenters. The fraction of sp³-hybridized carbons (Fsp3) is 0.100. The van der Waals surface area contributed by atoms with Crippen molar-refractivity contribution in [3.8, 4) is 5.82 Å². The Labute approximate surface area is 86.0 Å². The Morgan fingerprint density at radius 3 is 2.93 bits per heavy atom. The van der Waals surface area contributed by atoms with Gasteiger partial charge in [0.2, 0.25) is 0 Å². The number of aryl methyl sites for hydroxylation is 1. The van der Waals surface area contributed by atoms with Gasteiger partial charge in [0.1, 0.15) is 0 Å². The first-order valence-corrected chi connectivity index (χ1v) is 4.38. The van der Waals surface area contributed by atoms with Crippen LogP contribution in [0.15, 0.2) is 30.7 Å². The van der Waals surface area contributed by atoms with E-state index in [1.165, 1.54) is 17.1 Å². The zero-order chi connectivity index (χ0) is 10.8. The third-order valence-electron chi connectivity index (χ3n) is 2.03. The van der Waals surface area contributed by atoms with Crippen LogP contribution in [0.1, 0.15) is 15.9 Å². The molecule has 0 bridgehead atoms. The maximum Gasteiger partial charge on any atom is 0.338 e. The molecule has 2 heterocycles. The predicted molar refractivity (Wildman–Crippen MR) is 53.1 cm³/mol. The number of carbonyl (C=O) groups is 1. The maximum atomic E-state index is 10.7. The summed E-state index contributed by atoms with van der Waals surface area (Å²) < 4.78 is 1.46. The van der Waals surface area contributed by atoms with Crippen LogP contribution in [0.25, 0.3) is 5.82 Å². The zero-order valence-corrected chi connectivity index (χ0v) is 8.08. The monoisotopic (exact) mass is 203 g/mol. The highest BCUT2D eigenvalue weighted by molar-refractivity contribution is 5.86. The summed E-state index contributed by atoms with van der Waals surface area (Å²) in [5.41, 5.74) is 1.09. The summed E-state index contributed by atoms with van der Waals surface area (Å²) in [6, 6.07) is 3.71. The Morgan fingerprint density at radius 1 is 1.53 bits per heavy atom. The van der Waals surface area contributed by atoms with E-state index in [2.05, 4.69) is 10.1 Å². The van der Waals surface area contributed by atoms with E-state index in [1.54, 1.807) is 6.20 Å². The van der Waals surface area contributed by atoms with Crippen molar-refractivity contribution in [1.29, 1.82) is 0 Å². The summed E-state index contributed by atoms with van der Waals surface area (Å²) in [5, 5.41) is 12.7.